The Balaban J connectivity index is 1.14. The third kappa shape index (κ3) is 5.78. The van der Waals surface area contributed by atoms with Crippen LogP contribution in [0.2, 0.25) is 0 Å². The molecule has 6 rings (SSSR count). The van der Waals surface area contributed by atoms with Crippen LogP contribution in [0.1, 0.15) is 23.1 Å². The van der Waals surface area contributed by atoms with E-state index in [0.29, 0.717) is 11.4 Å². The molecule has 216 valence electrons. The number of carbonyl (C=O) groups excluding carboxylic acids is 1. The van der Waals surface area contributed by atoms with Crippen molar-refractivity contribution in [2.45, 2.75) is 18.8 Å². The summed E-state index contributed by atoms with van der Waals surface area (Å²) in [7, 11) is 0. The number of rotatable bonds is 8. The van der Waals surface area contributed by atoms with Gasteiger partial charge in [-0.3, -0.25) is 4.79 Å². The van der Waals surface area contributed by atoms with E-state index in [9.17, 15) is 23.1 Å². The number of aromatic amines is 1. The van der Waals surface area contributed by atoms with E-state index in [1.807, 2.05) is 30.3 Å². The molecule has 0 aliphatic heterocycles. The number of hydrogen-bond donors (Lipinski definition) is 3. The number of nitrogens with one attached hydrogen (secondary N) is 2. The highest BCUT2D eigenvalue weighted by Crippen LogP contribution is 2.43. The summed E-state index contributed by atoms with van der Waals surface area (Å²) < 4.78 is 52.1. The van der Waals surface area contributed by atoms with Gasteiger partial charge in [0.25, 0.3) is 11.8 Å². The van der Waals surface area contributed by atoms with Crippen molar-refractivity contribution >= 4 is 5.91 Å². The second-order valence-electron chi connectivity index (χ2n) is 9.37. The van der Waals surface area contributed by atoms with Gasteiger partial charge in [-0.2, -0.15) is 18.2 Å². The molecule has 13 heteroatoms. The van der Waals surface area contributed by atoms with Crippen LogP contribution in [-0.2, 0) is 17.5 Å². The molecule has 3 N–H and O–H groups in total. The molecule has 0 saturated carbocycles. The molecular weight excluding hydrogens is 565 g/mol. The van der Waals surface area contributed by atoms with Crippen molar-refractivity contribution in [3.63, 3.8) is 0 Å². The molecule has 0 aliphatic carbocycles. The Morgan fingerprint density at radius 2 is 1.56 bits per heavy atom. The van der Waals surface area contributed by atoms with E-state index in [2.05, 4.69) is 30.6 Å². The van der Waals surface area contributed by atoms with E-state index in [4.69, 9.17) is 9.05 Å². The summed E-state index contributed by atoms with van der Waals surface area (Å²) in [6.45, 7) is 0.0694. The lowest BCUT2D eigenvalue weighted by Gasteiger charge is -2.11. The van der Waals surface area contributed by atoms with Crippen molar-refractivity contribution in [1.82, 2.24) is 30.6 Å². The molecule has 0 radical (unpaired) electrons. The zero-order chi connectivity index (χ0) is 30.0. The number of carbonyl (C=O) groups is 1. The third-order valence-electron chi connectivity index (χ3n) is 6.52. The van der Waals surface area contributed by atoms with E-state index in [1.54, 1.807) is 24.4 Å². The van der Waals surface area contributed by atoms with Gasteiger partial charge in [-0.1, -0.05) is 95.2 Å². The molecule has 0 saturated heterocycles. The van der Waals surface area contributed by atoms with Gasteiger partial charge in [0, 0.05) is 11.1 Å². The first kappa shape index (κ1) is 27.6. The number of aliphatic hydroxyl groups is 1. The van der Waals surface area contributed by atoms with E-state index in [-0.39, 0.29) is 23.5 Å². The summed E-state index contributed by atoms with van der Waals surface area (Å²) >= 11 is 0. The lowest BCUT2D eigenvalue weighted by molar-refractivity contribution is -0.137. The van der Waals surface area contributed by atoms with Gasteiger partial charge in [0.15, 0.2) is 6.10 Å². The number of aromatic nitrogens is 5. The summed E-state index contributed by atoms with van der Waals surface area (Å²) in [5.41, 5.74) is 1.06. The van der Waals surface area contributed by atoms with Crippen LogP contribution in [0.3, 0.4) is 0 Å². The molecule has 3 aromatic carbocycles. The lowest BCUT2D eigenvalue weighted by atomic mass is 10.1. The Labute approximate surface area is 241 Å². The Morgan fingerprint density at radius 1 is 0.884 bits per heavy atom. The van der Waals surface area contributed by atoms with E-state index in [1.165, 1.54) is 36.4 Å². The molecule has 1 atom stereocenters. The minimum absolute atomic E-state index is 0.0293. The number of imidazole rings is 1. The molecule has 1 amide bonds. The van der Waals surface area contributed by atoms with Gasteiger partial charge in [-0.25, -0.2) is 4.98 Å². The van der Waals surface area contributed by atoms with Crippen LogP contribution >= 0.6 is 0 Å². The van der Waals surface area contributed by atoms with Crippen molar-refractivity contribution in [3.8, 4) is 45.6 Å². The van der Waals surface area contributed by atoms with Gasteiger partial charge in [0.1, 0.15) is 17.1 Å². The predicted octanol–water partition coefficient (Wildman–Crippen LogP) is 5.82. The van der Waals surface area contributed by atoms with Crippen molar-refractivity contribution < 1.29 is 32.1 Å². The molecule has 1 unspecified atom stereocenters. The van der Waals surface area contributed by atoms with Crippen LogP contribution < -0.4 is 5.32 Å². The van der Waals surface area contributed by atoms with Crippen molar-refractivity contribution in [2.24, 2.45) is 0 Å². The fraction of sp³-hybridized carbons (Fsp3) is 0.100. The van der Waals surface area contributed by atoms with Crippen LogP contribution in [-0.4, -0.2) is 36.3 Å². The highest BCUT2D eigenvalue weighted by atomic mass is 19.4. The first-order chi connectivity index (χ1) is 20.8. The third-order valence-corrected chi connectivity index (χ3v) is 6.52. The molecular formula is C30H21F3N6O4. The predicted molar refractivity (Wildman–Crippen MR) is 146 cm³/mol. The van der Waals surface area contributed by atoms with Gasteiger partial charge < -0.3 is 24.5 Å². The first-order valence-corrected chi connectivity index (χ1v) is 12.9. The number of alkyl halides is 3. The number of H-pyrrole nitrogens is 1. The van der Waals surface area contributed by atoms with E-state index >= 15 is 0 Å². The van der Waals surface area contributed by atoms with E-state index in [0.717, 1.165) is 11.3 Å². The lowest BCUT2D eigenvalue weighted by Crippen LogP contribution is -2.29. The SMILES string of the molecule is O=C(NCc1ncc(-c2ccccc2)[nH]1)C(O)c1ccc(-c2noc(-c3onc(-c4ccccc4)c3C(F)(F)F)n2)cc1. The Hall–Kier alpha value is -5.56. The molecule has 43 heavy (non-hydrogen) atoms. The van der Waals surface area contributed by atoms with Gasteiger partial charge in [-0.15, -0.1) is 0 Å². The smallest absolute Gasteiger partial charge is 0.378 e. The van der Waals surface area contributed by atoms with Crippen molar-refractivity contribution in [2.75, 3.05) is 0 Å². The quantitative estimate of drug-likeness (QED) is 0.203. The summed E-state index contributed by atoms with van der Waals surface area (Å²) in [5.74, 6) is -1.38. The Kier molecular flexibility index (Phi) is 7.30. The highest BCUT2D eigenvalue weighted by Gasteiger charge is 2.43. The van der Waals surface area contributed by atoms with E-state index < -0.39 is 41.1 Å². The minimum atomic E-state index is -4.81. The molecule has 0 aliphatic rings. The van der Waals surface area contributed by atoms with Gasteiger partial charge in [0.2, 0.25) is 11.6 Å². The zero-order valence-electron chi connectivity index (χ0n) is 22.0. The topological polar surface area (TPSA) is 143 Å². The Bertz CT molecular complexity index is 1850. The zero-order valence-corrected chi connectivity index (χ0v) is 22.0. The standard InChI is InChI=1S/C30H21F3N6O4/c31-30(32,33)23-24(18-9-5-2-6-10-18)38-42-26(23)29-37-27(39-43-29)20-13-11-19(12-14-20)25(40)28(41)35-16-22-34-15-21(36-22)17-7-3-1-4-8-17/h1-15,25,40H,16H2,(H,34,36)(H,35,41). The maximum absolute atomic E-state index is 14.0. The average molecular weight is 587 g/mol. The Morgan fingerprint density at radius 3 is 2.23 bits per heavy atom. The first-order valence-electron chi connectivity index (χ1n) is 12.9. The molecule has 0 spiro atoms. The molecule has 3 heterocycles. The fourth-order valence-corrected chi connectivity index (χ4v) is 4.38. The van der Waals surface area contributed by atoms with Gasteiger partial charge >= 0.3 is 6.18 Å². The summed E-state index contributed by atoms with van der Waals surface area (Å²) in [6.07, 6.45) is -4.64. The number of hydrogen-bond acceptors (Lipinski definition) is 8. The monoisotopic (exact) mass is 586 g/mol. The number of nitrogens with zero attached hydrogens (tertiary/aromatic N) is 4. The number of benzene rings is 3. The average Bonchev–Trinajstić information content (AvgIpc) is 3.80. The highest BCUT2D eigenvalue weighted by molar-refractivity contribution is 5.82. The largest absolute Gasteiger partial charge is 0.422 e. The second-order valence-corrected chi connectivity index (χ2v) is 9.37. The molecule has 0 bridgehead atoms. The number of aliphatic hydroxyl groups excluding tert-OH is 1. The van der Waals surface area contributed by atoms with Crippen molar-refractivity contribution in [3.05, 3.63) is 108 Å². The van der Waals surface area contributed by atoms with Crippen LogP contribution in [0.5, 0.6) is 0 Å². The number of amides is 1. The van der Waals surface area contributed by atoms with Crippen LogP contribution in [0, 0.1) is 0 Å². The van der Waals surface area contributed by atoms with Crippen molar-refractivity contribution in [1.29, 1.82) is 0 Å². The molecule has 10 nitrogen and oxygen atoms in total. The van der Waals surface area contributed by atoms with Crippen LogP contribution in [0.25, 0.3) is 45.6 Å². The van der Waals surface area contributed by atoms with Crippen LogP contribution in [0.4, 0.5) is 13.2 Å². The summed E-state index contributed by atoms with van der Waals surface area (Å²) in [5, 5.41) is 20.6. The summed E-state index contributed by atoms with van der Waals surface area (Å²) in [6, 6.07) is 23.3. The van der Waals surface area contributed by atoms with Gasteiger partial charge in [0.05, 0.1) is 18.4 Å². The molecule has 6 aromatic rings. The molecule has 0 fully saturated rings. The summed E-state index contributed by atoms with van der Waals surface area (Å²) in [4.78, 5) is 24.0. The maximum Gasteiger partial charge on any atom is 0.422 e. The normalized spacial score (nSPS) is 12.3. The minimum Gasteiger partial charge on any atom is -0.378 e. The van der Waals surface area contributed by atoms with Crippen LogP contribution in [0.15, 0.2) is 100 Å². The second kappa shape index (κ2) is 11.4. The number of halogens is 3. The van der Waals surface area contributed by atoms with Gasteiger partial charge in [-0.05, 0) is 11.1 Å². The maximum atomic E-state index is 14.0. The fourth-order valence-electron chi connectivity index (χ4n) is 4.38. The molecule has 3 aromatic heterocycles.